The molecule has 5 rings (SSSR count). The van der Waals surface area contributed by atoms with E-state index >= 15 is 0 Å². The normalized spacial score (nSPS) is 13.5. The first-order chi connectivity index (χ1) is 13.7. The van der Waals surface area contributed by atoms with E-state index in [-0.39, 0.29) is 5.91 Å². The summed E-state index contributed by atoms with van der Waals surface area (Å²) in [5, 5.41) is 5.47. The number of ether oxygens (including phenoxy) is 1. The van der Waals surface area contributed by atoms with Gasteiger partial charge < -0.3 is 14.6 Å². The summed E-state index contributed by atoms with van der Waals surface area (Å²) in [6, 6.07) is 15.8. The molecule has 1 aliphatic heterocycles. The molecule has 1 aliphatic rings. The Hall–Kier alpha value is -3.54. The molecule has 3 heterocycles. The average Bonchev–Trinajstić information content (AvgIpc) is 3.38. The maximum Gasteiger partial charge on any atom is 0.257 e. The summed E-state index contributed by atoms with van der Waals surface area (Å²) >= 11 is 0. The number of hydrogen-bond donors (Lipinski definition) is 1. The lowest BCUT2D eigenvalue weighted by Crippen LogP contribution is -2.35. The van der Waals surface area contributed by atoms with Crippen LogP contribution in [0.2, 0.25) is 0 Å². The topological polar surface area (TPSA) is 63.1 Å². The first-order valence-corrected chi connectivity index (χ1v) is 9.30. The molecule has 2 aromatic carbocycles. The van der Waals surface area contributed by atoms with E-state index in [1.165, 1.54) is 11.3 Å². The number of carbonyl (C=O) groups excluding carboxylic acids is 1. The number of fused-ring (bicyclic) bond motifs is 3. The van der Waals surface area contributed by atoms with Gasteiger partial charge in [-0.1, -0.05) is 18.2 Å². The first kappa shape index (κ1) is 16.6. The maximum absolute atomic E-state index is 13.1. The summed E-state index contributed by atoms with van der Waals surface area (Å²) in [6.07, 6.45) is 4.25. The van der Waals surface area contributed by atoms with Gasteiger partial charge in [-0.25, -0.2) is 4.68 Å². The lowest BCUT2D eigenvalue weighted by Gasteiger charge is -2.27. The third kappa shape index (κ3) is 2.74. The number of carbonyl (C=O) groups is 1. The number of hydrogen-bond acceptors (Lipinski definition) is 3. The molecule has 0 fully saturated rings. The Morgan fingerprint density at radius 3 is 2.86 bits per heavy atom. The van der Waals surface area contributed by atoms with E-state index in [0.717, 1.165) is 28.8 Å². The molecule has 140 valence electrons. The number of amides is 1. The molecule has 0 unspecified atom stereocenters. The Labute approximate surface area is 162 Å². The number of aromatic nitrogens is 3. The lowest BCUT2D eigenvalue weighted by atomic mass is 10.0. The predicted octanol–water partition coefficient (Wildman–Crippen LogP) is 3.56. The highest BCUT2D eigenvalue weighted by molar-refractivity contribution is 5.95. The van der Waals surface area contributed by atoms with Gasteiger partial charge in [-0.15, -0.1) is 0 Å². The second-order valence-corrected chi connectivity index (χ2v) is 6.98. The number of methoxy groups -OCH3 is 1. The second kappa shape index (κ2) is 6.56. The van der Waals surface area contributed by atoms with Gasteiger partial charge >= 0.3 is 0 Å². The van der Waals surface area contributed by atoms with E-state index in [9.17, 15) is 4.79 Å². The molecule has 0 saturated heterocycles. The molecule has 6 heteroatoms. The highest BCUT2D eigenvalue weighted by Crippen LogP contribution is 2.31. The third-order valence-electron chi connectivity index (χ3n) is 5.32. The monoisotopic (exact) mass is 372 g/mol. The fraction of sp³-hybridized carbons (Fsp3) is 0.182. The maximum atomic E-state index is 13.1. The molecule has 1 N–H and O–H groups in total. The predicted molar refractivity (Wildman–Crippen MR) is 107 cm³/mol. The van der Waals surface area contributed by atoms with Crippen molar-refractivity contribution < 1.29 is 9.53 Å². The minimum Gasteiger partial charge on any atom is -0.497 e. The highest BCUT2D eigenvalue weighted by atomic mass is 16.5. The van der Waals surface area contributed by atoms with E-state index in [0.29, 0.717) is 18.7 Å². The molecular weight excluding hydrogens is 352 g/mol. The molecule has 0 spiro atoms. The van der Waals surface area contributed by atoms with Crippen LogP contribution in [0, 0.1) is 0 Å². The summed E-state index contributed by atoms with van der Waals surface area (Å²) < 4.78 is 7.10. The van der Waals surface area contributed by atoms with Gasteiger partial charge in [0.1, 0.15) is 5.75 Å². The van der Waals surface area contributed by atoms with Crippen LogP contribution in [0.5, 0.6) is 5.75 Å². The van der Waals surface area contributed by atoms with Crippen molar-refractivity contribution in [2.75, 3.05) is 13.7 Å². The van der Waals surface area contributed by atoms with Crippen LogP contribution in [0.1, 0.15) is 21.6 Å². The van der Waals surface area contributed by atoms with Crippen molar-refractivity contribution in [2.45, 2.75) is 13.0 Å². The molecule has 4 aromatic rings. The van der Waals surface area contributed by atoms with Crippen molar-refractivity contribution in [1.29, 1.82) is 0 Å². The molecule has 1 amide bonds. The first-order valence-electron chi connectivity index (χ1n) is 9.30. The molecule has 0 atom stereocenters. The number of benzene rings is 2. The van der Waals surface area contributed by atoms with Gasteiger partial charge in [0.05, 0.1) is 24.6 Å². The molecular formula is C22H20N4O2. The molecule has 0 aliphatic carbocycles. The van der Waals surface area contributed by atoms with Crippen LogP contribution in [0.15, 0.2) is 60.9 Å². The Bertz CT molecular complexity index is 1160. The number of nitrogens with one attached hydrogen (secondary N) is 1. The number of rotatable bonds is 3. The number of nitrogens with zero attached hydrogens (tertiary/aromatic N) is 3. The number of aromatic amines is 1. The van der Waals surface area contributed by atoms with E-state index in [1.54, 1.807) is 24.2 Å². The summed E-state index contributed by atoms with van der Waals surface area (Å²) in [7, 11) is 1.67. The van der Waals surface area contributed by atoms with Gasteiger partial charge in [0.2, 0.25) is 0 Å². The van der Waals surface area contributed by atoms with E-state index in [1.807, 2.05) is 53.4 Å². The Morgan fingerprint density at radius 2 is 2.04 bits per heavy atom. The zero-order valence-electron chi connectivity index (χ0n) is 15.6. The van der Waals surface area contributed by atoms with Crippen molar-refractivity contribution in [1.82, 2.24) is 19.7 Å². The van der Waals surface area contributed by atoms with Crippen LogP contribution >= 0.6 is 0 Å². The fourth-order valence-corrected chi connectivity index (χ4v) is 3.83. The van der Waals surface area contributed by atoms with E-state index in [2.05, 4.69) is 10.1 Å². The standard InChI is InChI=1S/C22H20N4O2/c1-28-17-7-8-20-18(11-17)19-14-25(10-9-21(19)24-20)22(27)15-12-23-26(13-15)16-5-3-2-4-6-16/h2-8,11-13,24H,9-10,14H2,1H3. The Kier molecular flexibility index (Phi) is 3.90. The zero-order chi connectivity index (χ0) is 19.1. The van der Waals surface area contributed by atoms with Crippen molar-refractivity contribution >= 4 is 16.8 Å². The SMILES string of the molecule is COc1ccc2[nH]c3c(c2c1)CN(C(=O)c1cnn(-c2ccccc2)c1)CC3. The van der Waals surface area contributed by atoms with Crippen LogP contribution in [0.4, 0.5) is 0 Å². The minimum atomic E-state index is 0.00470. The lowest BCUT2D eigenvalue weighted by molar-refractivity contribution is 0.0735. The van der Waals surface area contributed by atoms with Gasteiger partial charge in [0, 0.05) is 47.9 Å². The van der Waals surface area contributed by atoms with Crippen LogP contribution in [-0.4, -0.2) is 39.2 Å². The fourth-order valence-electron chi connectivity index (χ4n) is 3.83. The molecule has 0 radical (unpaired) electrons. The zero-order valence-corrected chi connectivity index (χ0v) is 15.6. The second-order valence-electron chi connectivity index (χ2n) is 6.98. The quantitative estimate of drug-likeness (QED) is 0.598. The van der Waals surface area contributed by atoms with Gasteiger partial charge in [-0.05, 0) is 30.3 Å². The van der Waals surface area contributed by atoms with E-state index < -0.39 is 0 Å². The molecule has 0 saturated carbocycles. The van der Waals surface area contributed by atoms with E-state index in [4.69, 9.17) is 4.74 Å². The van der Waals surface area contributed by atoms with Crippen molar-refractivity contribution in [3.8, 4) is 11.4 Å². The van der Waals surface area contributed by atoms with Crippen LogP contribution < -0.4 is 4.74 Å². The average molecular weight is 372 g/mol. The van der Waals surface area contributed by atoms with Crippen LogP contribution in [0.3, 0.4) is 0 Å². The van der Waals surface area contributed by atoms with Gasteiger partial charge in [0.15, 0.2) is 0 Å². The van der Waals surface area contributed by atoms with Crippen molar-refractivity contribution in [3.05, 3.63) is 77.7 Å². The largest absolute Gasteiger partial charge is 0.497 e. The molecule has 2 aromatic heterocycles. The van der Waals surface area contributed by atoms with Gasteiger partial charge in [-0.2, -0.15) is 5.10 Å². The number of para-hydroxylation sites is 1. The van der Waals surface area contributed by atoms with Crippen LogP contribution in [-0.2, 0) is 13.0 Å². The molecule has 6 nitrogen and oxygen atoms in total. The Balaban J connectivity index is 1.43. The van der Waals surface area contributed by atoms with Crippen molar-refractivity contribution in [2.24, 2.45) is 0 Å². The third-order valence-corrected chi connectivity index (χ3v) is 5.32. The summed E-state index contributed by atoms with van der Waals surface area (Å²) in [5.74, 6) is 0.826. The molecule has 0 bridgehead atoms. The minimum absolute atomic E-state index is 0.00470. The summed E-state index contributed by atoms with van der Waals surface area (Å²) in [5.41, 5.74) is 4.99. The summed E-state index contributed by atoms with van der Waals surface area (Å²) in [4.78, 5) is 18.4. The molecule has 28 heavy (non-hydrogen) atoms. The van der Waals surface area contributed by atoms with Crippen LogP contribution in [0.25, 0.3) is 16.6 Å². The van der Waals surface area contributed by atoms with Crippen molar-refractivity contribution in [3.63, 3.8) is 0 Å². The summed E-state index contributed by atoms with van der Waals surface area (Å²) in [6.45, 7) is 1.27. The van der Waals surface area contributed by atoms with Gasteiger partial charge in [0.25, 0.3) is 5.91 Å². The number of H-pyrrole nitrogens is 1. The Morgan fingerprint density at radius 1 is 1.18 bits per heavy atom. The van der Waals surface area contributed by atoms with Gasteiger partial charge in [-0.3, -0.25) is 4.79 Å². The smallest absolute Gasteiger partial charge is 0.257 e. The highest BCUT2D eigenvalue weighted by Gasteiger charge is 2.25.